The zero-order valence-corrected chi connectivity index (χ0v) is 71.0. The minimum atomic E-state index is -3.89. The lowest BCUT2D eigenvalue weighted by atomic mass is 10.0. The predicted molar refractivity (Wildman–Crippen MR) is 512 cm³/mol. The summed E-state index contributed by atoms with van der Waals surface area (Å²) in [4.78, 5) is 51.7. The molecule has 0 amide bonds. The number of ketones is 2. The van der Waals surface area contributed by atoms with Crippen LogP contribution in [0.2, 0.25) is 0 Å². The van der Waals surface area contributed by atoms with E-state index < -0.39 is 41.1 Å². The molecule has 20 rings (SSSR count). The van der Waals surface area contributed by atoms with Gasteiger partial charge in [-0.2, -0.15) is 0 Å². The van der Waals surface area contributed by atoms with E-state index in [1.807, 2.05) is 134 Å². The first-order valence-corrected chi connectivity index (χ1v) is 44.7. The number of nitrogens with one attached hydrogen (secondary N) is 2. The molecule has 4 N–H and O–H groups in total. The van der Waals surface area contributed by atoms with Gasteiger partial charge in [0.15, 0.2) is 11.6 Å². The molecule has 0 fully saturated rings. The molecule has 0 aliphatic rings. The van der Waals surface area contributed by atoms with Crippen LogP contribution >= 0.6 is 0 Å². The number of fused-ring (bicyclic) bond motifs is 4. The molecule has 20 nitrogen and oxygen atoms in total. The van der Waals surface area contributed by atoms with Gasteiger partial charge in [-0.1, -0.05) is 137 Å². The third-order valence-corrected chi connectivity index (χ3v) is 26.5. The van der Waals surface area contributed by atoms with Crippen molar-refractivity contribution in [3.8, 4) is 85.7 Å². The van der Waals surface area contributed by atoms with Crippen molar-refractivity contribution in [1.82, 2.24) is 39.0 Å². The number of aromatic nitrogens is 8. The van der Waals surface area contributed by atoms with E-state index in [4.69, 9.17) is 29.7 Å². The van der Waals surface area contributed by atoms with Gasteiger partial charge in [0.1, 0.15) is 69.4 Å². The highest BCUT2D eigenvalue weighted by Gasteiger charge is 2.24. The second-order valence-corrected chi connectivity index (χ2v) is 35.6. The van der Waals surface area contributed by atoms with E-state index >= 15 is 0 Å². The summed E-state index contributed by atoms with van der Waals surface area (Å²) >= 11 is 0. The number of benzene rings is 16. The number of aromatic hydroxyl groups is 2. The van der Waals surface area contributed by atoms with Crippen LogP contribution in [0, 0.1) is 18.6 Å². The summed E-state index contributed by atoms with van der Waals surface area (Å²) in [6.45, 7) is 1.90. The number of carbonyl (C=O) groups excluding carboxylic acids is 2. The van der Waals surface area contributed by atoms with Crippen LogP contribution in [-0.4, -0.2) is 86.1 Å². The van der Waals surface area contributed by atoms with Gasteiger partial charge < -0.3 is 34.2 Å². The van der Waals surface area contributed by atoms with E-state index in [1.54, 1.807) is 146 Å². The number of ether oxygens (including phenoxy) is 2. The van der Waals surface area contributed by atoms with Crippen LogP contribution in [0.25, 0.3) is 95.4 Å². The van der Waals surface area contributed by atoms with Gasteiger partial charge in [0.25, 0.3) is 0 Å². The minimum Gasteiger partial charge on any atom is -0.508 e. The number of halogens is 2. The zero-order valence-electron chi connectivity index (χ0n) is 68.6. The molecule has 16 aromatic carbocycles. The lowest BCUT2D eigenvalue weighted by molar-refractivity contribution is 0.103. The maximum Gasteiger partial charge on any atom is 0.206 e. The van der Waals surface area contributed by atoms with E-state index in [9.17, 15) is 43.6 Å². The second kappa shape index (κ2) is 39.5. The van der Waals surface area contributed by atoms with E-state index in [0.29, 0.717) is 45.3 Å². The zero-order chi connectivity index (χ0) is 89.5. The van der Waals surface area contributed by atoms with Crippen LogP contribution in [0.15, 0.2) is 418 Å². The van der Waals surface area contributed by atoms with Gasteiger partial charge in [-0.15, -0.1) is 0 Å². The van der Waals surface area contributed by atoms with Gasteiger partial charge in [0, 0.05) is 57.2 Å². The summed E-state index contributed by atoms with van der Waals surface area (Å²) in [5, 5.41) is 18.2. The number of nitrogens with zero attached hydrogens (tertiary/aromatic N) is 6. The average molecular weight is 1810 g/mol. The first-order chi connectivity index (χ1) is 62.4. The first kappa shape index (κ1) is 91.8. The average Bonchev–Trinajstić information content (AvgIpc) is 1.65. The van der Waals surface area contributed by atoms with Crippen LogP contribution in [0.4, 0.5) is 8.78 Å². The van der Waals surface area contributed by atoms with Crippen LogP contribution in [0.1, 0.15) is 59.7 Å². The van der Waals surface area contributed by atoms with Crippen LogP contribution in [-0.2, 0) is 36.6 Å². The predicted octanol–water partition coefficient (Wildman–Crippen LogP) is 24.8. The molecule has 0 saturated heterocycles. The maximum absolute atomic E-state index is 13.9. The molecule has 0 saturated carbocycles. The van der Waals surface area contributed by atoms with Crippen LogP contribution in [0.5, 0.6) is 34.5 Å². The van der Waals surface area contributed by atoms with Gasteiger partial charge in [-0.25, -0.2) is 54.0 Å². The number of aryl methyl sites for hydroxylation is 2. The summed E-state index contributed by atoms with van der Waals surface area (Å²) in [6, 6.07) is 109. The lowest BCUT2D eigenvalue weighted by Gasteiger charge is -2.12. The third kappa shape index (κ3) is 20.1. The van der Waals surface area contributed by atoms with Crippen LogP contribution in [0.3, 0.4) is 0 Å². The Balaban J connectivity index is 0.000000186. The highest BCUT2D eigenvalue weighted by Crippen LogP contribution is 2.36. The van der Waals surface area contributed by atoms with Crippen LogP contribution < -0.4 is 9.47 Å². The normalized spacial score (nSPS) is 11.2. The summed E-state index contributed by atoms with van der Waals surface area (Å²) in [6.07, 6.45) is 0. The molecular formula is C107H86F2N8O12S3. The van der Waals surface area contributed by atoms with Crippen molar-refractivity contribution in [1.29, 1.82) is 0 Å². The van der Waals surface area contributed by atoms with E-state index in [-0.39, 0.29) is 74.7 Å². The van der Waals surface area contributed by atoms with Gasteiger partial charge in [0.2, 0.25) is 29.5 Å². The van der Waals surface area contributed by atoms with Gasteiger partial charge >= 0.3 is 0 Å². The molecule has 132 heavy (non-hydrogen) atoms. The number of carbonyl (C=O) groups is 2. The van der Waals surface area contributed by atoms with Gasteiger partial charge in [0.05, 0.1) is 73.5 Å². The van der Waals surface area contributed by atoms with Crippen molar-refractivity contribution in [3.05, 3.63) is 428 Å². The third-order valence-electron chi connectivity index (χ3n) is 21.2. The Hall–Kier alpha value is -16.4. The maximum atomic E-state index is 13.9. The molecule has 4 aromatic heterocycles. The minimum absolute atomic E-state index is 0. The molecule has 0 bridgehead atoms. The monoisotopic (exact) mass is 1810 g/mol. The number of sulfone groups is 3. The number of rotatable bonds is 19. The molecule has 0 aliphatic carbocycles. The molecule has 0 spiro atoms. The van der Waals surface area contributed by atoms with Crippen molar-refractivity contribution in [3.63, 3.8) is 0 Å². The number of H-pyrrole nitrogens is 2. The first-order valence-electron chi connectivity index (χ1n) is 40.3. The van der Waals surface area contributed by atoms with E-state index in [1.165, 1.54) is 72.8 Å². The number of hydrogen-bond donors (Lipinski definition) is 4. The Morgan fingerprint density at radius 2 is 0.591 bits per heavy atom. The smallest absolute Gasteiger partial charge is 0.206 e. The van der Waals surface area contributed by atoms with Gasteiger partial charge in [-0.3, -0.25) is 14.2 Å². The number of imidazole rings is 4. The molecule has 20 aromatic rings. The van der Waals surface area contributed by atoms with Crippen molar-refractivity contribution in [2.75, 3.05) is 0 Å². The fraction of sp³-hybridized carbons (Fsp3) is 0.0467. The van der Waals surface area contributed by atoms with E-state index in [2.05, 4.69) is 54.8 Å². The quantitative estimate of drug-likeness (QED) is 0.0432. The standard InChI is InChI=1S/C59H42N4O7S2.C20H14N4.C13H10O3.C12H8F2O2S.3CH4/c1-39-11-31-49(32-12-39)71(65,66)51-35-27-47(28-36-51)69-45-23-17-40(18-24-45)57(64)41-19-25-46(26-20-41)70-48-29-37-52(38-30-48)72(67,68)50-33-21-44(22-34-50)63-56-10-6-4-8-54(56)61-59(63)43-15-13-42(14-16-43)58-60-53-7-3-5-9-55(53)62(58)2;1-2-6-16-15(5-1)21-19(22-16)13-9-11-14(12-10-13)20-23-17-7-3-4-8-18(17)24-20;14-11-5-1-9(2-6-11)13(16)10-3-7-12(15)8-4-10;13-9-1-5-11(6-2-9)17(15,16)12-7-3-10(14)4-8-12;;;/h3-38H,1-2H3;1-12H,(H,21,22)(H,23,24);1-8,14-15H;1-8H;3*1H4. The van der Waals surface area contributed by atoms with E-state index in [0.717, 1.165) is 125 Å². The molecule has 0 radical (unpaired) electrons. The van der Waals surface area contributed by atoms with Crippen molar-refractivity contribution < 1.29 is 63.3 Å². The van der Waals surface area contributed by atoms with Crippen molar-refractivity contribution >= 4 is 85.2 Å². The Kier molecular flexibility index (Phi) is 27.5. The van der Waals surface area contributed by atoms with Crippen molar-refractivity contribution in [2.45, 2.75) is 58.6 Å². The summed E-state index contributed by atoms with van der Waals surface area (Å²) < 4.78 is 119. The number of aromatic amines is 2. The Bertz CT molecular complexity index is 7610. The van der Waals surface area contributed by atoms with Gasteiger partial charge in [-0.05, 0) is 286 Å². The molecule has 0 unspecified atom stereocenters. The number of hydrogen-bond acceptors (Lipinski definition) is 16. The SMILES string of the molecule is C.C.C.Cc1ccc(S(=O)(=O)c2ccc(Oc3ccc(C(=O)c4ccc(Oc5ccc(S(=O)(=O)c6ccc(-n7c(-c8ccc(-c9nc%10ccccc%10n9C)cc8)nc8ccccc87)cc6)cc5)cc4)cc3)cc2)cc1.O=C(c1ccc(O)cc1)c1ccc(O)cc1.O=S(=O)(c1ccc(F)cc1)c1ccc(F)cc1.c1ccc2[nH]c(-c3ccc(-c4nc5ccccc5[nH]4)cc3)nc2c1. The molecule has 0 atom stereocenters. The Labute approximate surface area is 761 Å². The lowest BCUT2D eigenvalue weighted by Crippen LogP contribution is -2.03. The number of para-hydroxylation sites is 8. The Morgan fingerprint density at radius 1 is 0.311 bits per heavy atom. The summed E-state index contributed by atoms with van der Waals surface area (Å²) in [5.41, 5.74) is 15.3. The molecule has 25 heteroatoms. The highest BCUT2D eigenvalue weighted by molar-refractivity contribution is 7.92. The largest absolute Gasteiger partial charge is 0.508 e. The molecule has 658 valence electrons. The Morgan fingerprint density at radius 3 is 0.955 bits per heavy atom. The molecule has 4 heterocycles. The molecule has 0 aliphatic heterocycles. The fourth-order valence-electron chi connectivity index (χ4n) is 14.3. The van der Waals surface area contributed by atoms with Crippen molar-refractivity contribution in [2.24, 2.45) is 7.05 Å². The second-order valence-electron chi connectivity index (χ2n) is 29.8. The number of phenols is 2. The number of phenolic OH excluding ortho intramolecular Hbond substituents is 2. The summed E-state index contributed by atoms with van der Waals surface area (Å²) in [5.74, 6) is 4.03. The molecular weight excluding hydrogens is 1720 g/mol. The topological polar surface area (TPSA) is 288 Å². The highest BCUT2D eigenvalue weighted by atomic mass is 32.2. The summed E-state index contributed by atoms with van der Waals surface area (Å²) in [7, 11) is -9.26. The fourth-order valence-corrected chi connectivity index (χ4v) is 18.1.